The summed E-state index contributed by atoms with van der Waals surface area (Å²) < 4.78 is 6.86. The van der Waals surface area contributed by atoms with Crippen molar-refractivity contribution in [2.24, 2.45) is 4.99 Å². The third-order valence-corrected chi connectivity index (χ3v) is 3.73. The Morgan fingerprint density at radius 3 is 2.68 bits per heavy atom. The fraction of sp³-hybridized carbons (Fsp3) is 0.188. The molecule has 0 unspecified atom stereocenters. The van der Waals surface area contributed by atoms with Crippen LogP contribution < -0.4 is 4.74 Å². The first-order chi connectivity index (χ1) is 9.33. The van der Waals surface area contributed by atoms with Gasteiger partial charge >= 0.3 is 0 Å². The summed E-state index contributed by atoms with van der Waals surface area (Å²) in [4.78, 5) is 4.59. The SMILES string of the molecule is Brc1ccc(OCC2=NCCc3ccccc32)cc1. The van der Waals surface area contributed by atoms with Gasteiger partial charge in [-0.05, 0) is 36.2 Å². The third-order valence-electron chi connectivity index (χ3n) is 3.20. The van der Waals surface area contributed by atoms with Crippen molar-refractivity contribution in [2.45, 2.75) is 6.42 Å². The molecule has 1 aliphatic rings. The highest BCUT2D eigenvalue weighted by Crippen LogP contribution is 2.19. The zero-order valence-electron chi connectivity index (χ0n) is 10.5. The van der Waals surface area contributed by atoms with Crippen molar-refractivity contribution in [3.05, 3.63) is 64.1 Å². The van der Waals surface area contributed by atoms with Gasteiger partial charge in [0.2, 0.25) is 0 Å². The van der Waals surface area contributed by atoms with Crippen molar-refractivity contribution in [3.63, 3.8) is 0 Å². The normalized spacial score (nSPS) is 13.6. The van der Waals surface area contributed by atoms with Crippen LogP contribution in [0.5, 0.6) is 5.75 Å². The molecule has 3 heteroatoms. The first kappa shape index (κ1) is 12.4. The van der Waals surface area contributed by atoms with Crippen molar-refractivity contribution >= 4 is 21.6 Å². The number of halogens is 1. The molecule has 0 fully saturated rings. The number of fused-ring (bicyclic) bond motifs is 1. The maximum atomic E-state index is 5.81. The van der Waals surface area contributed by atoms with Gasteiger partial charge in [-0.25, -0.2) is 0 Å². The second-order valence-corrected chi connectivity index (χ2v) is 5.39. The van der Waals surface area contributed by atoms with E-state index in [0.29, 0.717) is 6.61 Å². The van der Waals surface area contributed by atoms with Crippen LogP contribution in [-0.4, -0.2) is 18.9 Å². The summed E-state index contributed by atoms with van der Waals surface area (Å²) in [6.07, 6.45) is 1.03. The maximum absolute atomic E-state index is 5.81. The monoisotopic (exact) mass is 315 g/mol. The van der Waals surface area contributed by atoms with E-state index in [2.05, 4.69) is 45.2 Å². The van der Waals surface area contributed by atoms with Gasteiger partial charge in [0.1, 0.15) is 12.4 Å². The van der Waals surface area contributed by atoms with Crippen LogP contribution in [0.15, 0.2) is 58.0 Å². The van der Waals surface area contributed by atoms with Crippen LogP contribution in [0.3, 0.4) is 0 Å². The van der Waals surface area contributed by atoms with Crippen LogP contribution >= 0.6 is 15.9 Å². The lowest BCUT2D eigenvalue weighted by Gasteiger charge is -2.17. The molecule has 96 valence electrons. The Morgan fingerprint density at radius 1 is 1.05 bits per heavy atom. The lowest BCUT2D eigenvalue weighted by atomic mass is 9.98. The highest BCUT2D eigenvalue weighted by molar-refractivity contribution is 9.10. The average molecular weight is 316 g/mol. The number of aliphatic imine (C=N–C) groups is 1. The number of ether oxygens (including phenoxy) is 1. The molecular formula is C16H14BrNO. The van der Waals surface area contributed by atoms with Crippen LogP contribution in [-0.2, 0) is 6.42 Å². The zero-order valence-corrected chi connectivity index (χ0v) is 12.1. The molecule has 2 aromatic rings. The van der Waals surface area contributed by atoms with E-state index >= 15 is 0 Å². The molecule has 0 spiro atoms. The van der Waals surface area contributed by atoms with E-state index in [1.807, 2.05) is 24.3 Å². The topological polar surface area (TPSA) is 21.6 Å². The fourth-order valence-corrected chi connectivity index (χ4v) is 2.49. The van der Waals surface area contributed by atoms with Crippen molar-refractivity contribution in [1.82, 2.24) is 0 Å². The Labute approximate surface area is 121 Å². The fourth-order valence-electron chi connectivity index (χ4n) is 2.22. The van der Waals surface area contributed by atoms with Crippen LogP contribution in [0.1, 0.15) is 11.1 Å². The number of hydrogen-bond donors (Lipinski definition) is 0. The van der Waals surface area contributed by atoms with Crippen molar-refractivity contribution in [1.29, 1.82) is 0 Å². The molecule has 0 radical (unpaired) electrons. The van der Waals surface area contributed by atoms with Gasteiger partial charge in [-0.1, -0.05) is 40.2 Å². The van der Waals surface area contributed by atoms with E-state index in [0.717, 1.165) is 28.9 Å². The van der Waals surface area contributed by atoms with E-state index in [-0.39, 0.29) is 0 Å². The lowest BCUT2D eigenvalue weighted by Crippen LogP contribution is -2.19. The highest BCUT2D eigenvalue weighted by atomic mass is 79.9. The van der Waals surface area contributed by atoms with Gasteiger partial charge in [-0.3, -0.25) is 4.99 Å². The first-order valence-electron chi connectivity index (χ1n) is 6.33. The number of benzene rings is 2. The molecule has 19 heavy (non-hydrogen) atoms. The predicted molar refractivity (Wildman–Crippen MR) is 81.2 cm³/mol. The van der Waals surface area contributed by atoms with Crippen LogP contribution in [0.25, 0.3) is 0 Å². The van der Waals surface area contributed by atoms with Gasteiger partial charge in [0.15, 0.2) is 0 Å². The second-order valence-electron chi connectivity index (χ2n) is 4.48. The smallest absolute Gasteiger partial charge is 0.130 e. The minimum atomic E-state index is 0.526. The molecule has 0 saturated heterocycles. The Morgan fingerprint density at radius 2 is 1.84 bits per heavy atom. The summed E-state index contributed by atoms with van der Waals surface area (Å²) >= 11 is 3.42. The minimum Gasteiger partial charge on any atom is -0.487 e. The van der Waals surface area contributed by atoms with Crippen molar-refractivity contribution < 1.29 is 4.74 Å². The van der Waals surface area contributed by atoms with Crippen LogP contribution in [0.4, 0.5) is 0 Å². The first-order valence-corrected chi connectivity index (χ1v) is 7.12. The molecular weight excluding hydrogens is 302 g/mol. The van der Waals surface area contributed by atoms with E-state index in [9.17, 15) is 0 Å². The van der Waals surface area contributed by atoms with E-state index in [1.165, 1.54) is 11.1 Å². The maximum Gasteiger partial charge on any atom is 0.130 e. The minimum absolute atomic E-state index is 0.526. The van der Waals surface area contributed by atoms with E-state index < -0.39 is 0 Å². The van der Waals surface area contributed by atoms with Gasteiger partial charge in [0, 0.05) is 16.6 Å². The highest BCUT2D eigenvalue weighted by Gasteiger charge is 2.13. The average Bonchev–Trinajstić information content (AvgIpc) is 2.47. The van der Waals surface area contributed by atoms with E-state index in [1.54, 1.807) is 0 Å². The zero-order chi connectivity index (χ0) is 13.1. The molecule has 0 aromatic heterocycles. The molecule has 0 saturated carbocycles. The van der Waals surface area contributed by atoms with Crippen molar-refractivity contribution in [3.8, 4) is 5.75 Å². The third kappa shape index (κ3) is 2.87. The number of nitrogens with zero attached hydrogens (tertiary/aromatic N) is 1. The molecule has 0 bridgehead atoms. The Hall–Kier alpha value is -1.61. The second kappa shape index (κ2) is 5.57. The molecule has 2 nitrogen and oxygen atoms in total. The molecule has 2 aromatic carbocycles. The molecule has 1 heterocycles. The molecule has 0 N–H and O–H groups in total. The summed E-state index contributed by atoms with van der Waals surface area (Å²) in [5, 5.41) is 0. The summed E-state index contributed by atoms with van der Waals surface area (Å²) in [6.45, 7) is 1.38. The van der Waals surface area contributed by atoms with Gasteiger partial charge in [-0.2, -0.15) is 0 Å². The lowest BCUT2D eigenvalue weighted by molar-refractivity contribution is 0.376. The van der Waals surface area contributed by atoms with Crippen molar-refractivity contribution in [2.75, 3.05) is 13.2 Å². The number of hydrogen-bond acceptors (Lipinski definition) is 2. The quantitative estimate of drug-likeness (QED) is 0.842. The largest absolute Gasteiger partial charge is 0.487 e. The summed E-state index contributed by atoms with van der Waals surface area (Å²) in [5.41, 5.74) is 3.64. The molecule has 3 rings (SSSR count). The van der Waals surface area contributed by atoms with E-state index in [4.69, 9.17) is 4.74 Å². The Bertz CT molecular complexity index is 604. The van der Waals surface area contributed by atoms with Gasteiger partial charge in [0.05, 0.1) is 5.71 Å². The van der Waals surface area contributed by atoms with Gasteiger partial charge < -0.3 is 4.74 Å². The Balaban J connectivity index is 1.74. The van der Waals surface area contributed by atoms with Crippen LogP contribution in [0, 0.1) is 0 Å². The summed E-state index contributed by atoms with van der Waals surface area (Å²) in [5.74, 6) is 0.869. The number of rotatable bonds is 3. The molecule has 0 atom stereocenters. The molecule has 1 aliphatic heterocycles. The van der Waals surface area contributed by atoms with Gasteiger partial charge in [0.25, 0.3) is 0 Å². The summed E-state index contributed by atoms with van der Waals surface area (Å²) in [6, 6.07) is 16.3. The van der Waals surface area contributed by atoms with Crippen LogP contribution in [0.2, 0.25) is 0 Å². The molecule has 0 aliphatic carbocycles. The van der Waals surface area contributed by atoms with Gasteiger partial charge in [-0.15, -0.1) is 0 Å². The summed E-state index contributed by atoms with van der Waals surface area (Å²) in [7, 11) is 0. The molecule has 0 amide bonds. The predicted octanol–water partition coefficient (Wildman–Crippen LogP) is 3.87. The Kier molecular flexibility index (Phi) is 3.65. The standard InChI is InChI=1S/C16H14BrNO/c17-13-5-7-14(8-6-13)19-11-16-15-4-2-1-3-12(15)9-10-18-16/h1-8H,9-11H2.